The van der Waals surface area contributed by atoms with Crippen LogP contribution in [0.2, 0.25) is 0 Å². The fraction of sp³-hybridized carbons (Fsp3) is 0.150. The molecule has 7 nitrogen and oxygen atoms in total. The lowest BCUT2D eigenvalue weighted by Crippen LogP contribution is -2.06. The lowest BCUT2D eigenvalue weighted by molar-refractivity contribution is -0.114. The van der Waals surface area contributed by atoms with E-state index in [9.17, 15) is 4.79 Å². The van der Waals surface area contributed by atoms with Crippen LogP contribution in [0.5, 0.6) is 5.75 Å². The molecule has 0 unspecified atom stereocenters. The first kappa shape index (κ1) is 18.2. The lowest BCUT2D eigenvalue weighted by Gasteiger charge is -2.12. The van der Waals surface area contributed by atoms with Crippen molar-refractivity contribution in [2.24, 2.45) is 0 Å². The Morgan fingerprint density at radius 2 is 1.85 bits per heavy atom. The number of hydrogen-bond acceptors (Lipinski definition) is 6. The number of aryl methyl sites for hydroxylation is 1. The van der Waals surface area contributed by atoms with Crippen molar-refractivity contribution in [2.75, 3.05) is 23.1 Å². The summed E-state index contributed by atoms with van der Waals surface area (Å²) in [5.74, 6) is 1.67. The average molecular weight is 363 g/mol. The van der Waals surface area contributed by atoms with Crippen LogP contribution in [0.25, 0.3) is 0 Å². The highest BCUT2D eigenvalue weighted by Crippen LogP contribution is 2.28. The van der Waals surface area contributed by atoms with Crippen molar-refractivity contribution < 1.29 is 9.53 Å². The van der Waals surface area contributed by atoms with Gasteiger partial charge in [0.25, 0.3) is 0 Å². The van der Waals surface area contributed by atoms with E-state index in [-0.39, 0.29) is 5.91 Å². The van der Waals surface area contributed by atoms with Crippen molar-refractivity contribution in [2.45, 2.75) is 13.8 Å². The fourth-order valence-electron chi connectivity index (χ4n) is 2.55. The second-order valence-corrected chi connectivity index (χ2v) is 5.98. The molecule has 7 heteroatoms. The molecule has 138 valence electrons. The predicted octanol–water partition coefficient (Wildman–Crippen LogP) is 4.24. The molecule has 3 aromatic rings. The van der Waals surface area contributed by atoms with Gasteiger partial charge < -0.3 is 20.7 Å². The van der Waals surface area contributed by atoms with Gasteiger partial charge in [-0.2, -0.15) is 4.98 Å². The Balaban J connectivity index is 1.78. The van der Waals surface area contributed by atoms with Crippen molar-refractivity contribution in [1.82, 2.24) is 9.97 Å². The Kier molecular flexibility index (Phi) is 5.51. The fourth-order valence-corrected chi connectivity index (χ4v) is 2.55. The molecule has 0 saturated heterocycles. The van der Waals surface area contributed by atoms with E-state index in [1.807, 2.05) is 49.4 Å². The van der Waals surface area contributed by atoms with Gasteiger partial charge in [0, 0.05) is 24.5 Å². The summed E-state index contributed by atoms with van der Waals surface area (Å²) in [5.41, 5.74) is 3.41. The Morgan fingerprint density at radius 3 is 2.63 bits per heavy atom. The van der Waals surface area contributed by atoms with Crippen molar-refractivity contribution in [3.05, 3.63) is 60.3 Å². The van der Waals surface area contributed by atoms with Crippen LogP contribution in [0.3, 0.4) is 0 Å². The number of methoxy groups -OCH3 is 1. The summed E-state index contributed by atoms with van der Waals surface area (Å²) in [6.07, 6.45) is 1.66. The molecule has 1 aromatic heterocycles. The van der Waals surface area contributed by atoms with E-state index >= 15 is 0 Å². The van der Waals surface area contributed by atoms with Gasteiger partial charge in [0.2, 0.25) is 11.9 Å². The van der Waals surface area contributed by atoms with Crippen molar-refractivity contribution in [3.63, 3.8) is 0 Å². The molecule has 0 aliphatic rings. The number of rotatable bonds is 6. The minimum absolute atomic E-state index is 0.118. The molecule has 0 bridgehead atoms. The zero-order valence-corrected chi connectivity index (χ0v) is 15.4. The summed E-state index contributed by atoms with van der Waals surface area (Å²) in [6.45, 7) is 3.48. The average Bonchev–Trinajstić information content (AvgIpc) is 2.62. The largest absolute Gasteiger partial charge is 0.495 e. The predicted molar refractivity (Wildman–Crippen MR) is 107 cm³/mol. The zero-order valence-electron chi connectivity index (χ0n) is 15.4. The van der Waals surface area contributed by atoms with Crippen LogP contribution < -0.4 is 20.7 Å². The molecule has 0 aliphatic carbocycles. The van der Waals surface area contributed by atoms with Gasteiger partial charge in [-0.3, -0.25) is 4.79 Å². The van der Waals surface area contributed by atoms with Crippen LogP contribution >= 0.6 is 0 Å². The third-order valence-electron chi connectivity index (χ3n) is 3.71. The Bertz CT molecular complexity index is 959. The summed E-state index contributed by atoms with van der Waals surface area (Å²) in [5, 5.41) is 9.15. The van der Waals surface area contributed by atoms with E-state index < -0.39 is 0 Å². The SMILES string of the molecule is COc1ccc(C)cc1Nc1nccc(Nc2cccc(NC(C)=O)c2)n1. The quantitative estimate of drug-likeness (QED) is 0.607. The number of nitrogens with one attached hydrogen (secondary N) is 3. The molecular formula is C20H21N5O2. The molecule has 0 aliphatic heterocycles. The van der Waals surface area contributed by atoms with E-state index in [1.54, 1.807) is 19.4 Å². The van der Waals surface area contributed by atoms with Gasteiger partial charge in [0.05, 0.1) is 12.8 Å². The number of hydrogen-bond donors (Lipinski definition) is 3. The first-order chi connectivity index (χ1) is 13.0. The number of carbonyl (C=O) groups is 1. The van der Waals surface area contributed by atoms with Gasteiger partial charge in [0.1, 0.15) is 11.6 Å². The molecule has 0 saturated carbocycles. The summed E-state index contributed by atoms with van der Waals surface area (Å²) in [6, 6.07) is 15.0. The smallest absolute Gasteiger partial charge is 0.229 e. The number of anilines is 5. The third kappa shape index (κ3) is 4.94. The molecule has 0 radical (unpaired) electrons. The highest BCUT2D eigenvalue weighted by Gasteiger charge is 2.07. The molecule has 0 atom stereocenters. The van der Waals surface area contributed by atoms with Crippen LogP contribution in [0.15, 0.2) is 54.7 Å². The third-order valence-corrected chi connectivity index (χ3v) is 3.71. The molecule has 1 heterocycles. The number of benzene rings is 2. The van der Waals surface area contributed by atoms with E-state index in [0.717, 1.165) is 16.9 Å². The van der Waals surface area contributed by atoms with Gasteiger partial charge in [-0.25, -0.2) is 4.98 Å². The first-order valence-corrected chi connectivity index (χ1v) is 8.43. The van der Waals surface area contributed by atoms with Gasteiger partial charge >= 0.3 is 0 Å². The standard InChI is InChI=1S/C20H21N5O2/c1-13-7-8-18(27-3)17(11-13)24-20-21-10-9-19(25-20)23-16-6-4-5-15(12-16)22-14(2)26/h4-12H,1-3H3,(H,22,26)(H2,21,23,24,25). The number of nitrogens with zero attached hydrogens (tertiary/aromatic N) is 2. The Hall–Kier alpha value is -3.61. The first-order valence-electron chi connectivity index (χ1n) is 8.43. The minimum Gasteiger partial charge on any atom is -0.495 e. The molecular weight excluding hydrogens is 342 g/mol. The highest BCUT2D eigenvalue weighted by molar-refractivity contribution is 5.89. The normalized spacial score (nSPS) is 10.2. The van der Waals surface area contributed by atoms with Crippen molar-refractivity contribution >= 4 is 34.7 Å². The zero-order chi connectivity index (χ0) is 19.2. The molecule has 1 amide bonds. The van der Waals surface area contributed by atoms with Crippen molar-refractivity contribution in [1.29, 1.82) is 0 Å². The second-order valence-electron chi connectivity index (χ2n) is 5.98. The Labute approximate surface area is 157 Å². The van der Waals surface area contributed by atoms with Crippen LogP contribution in [-0.4, -0.2) is 23.0 Å². The topological polar surface area (TPSA) is 88.2 Å². The van der Waals surface area contributed by atoms with Crippen LogP contribution in [0.1, 0.15) is 12.5 Å². The van der Waals surface area contributed by atoms with Crippen molar-refractivity contribution in [3.8, 4) is 5.75 Å². The van der Waals surface area contributed by atoms with Gasteiger partial charge in [0.15, 0.2) is 0 Å². The number of ether oxygens (including phenoxy) is 1. The molecule has 0 fully saturated rings. The summed E-state index contributed by atoms with van der Waals surface area (Å²) >= 11 is 0. The second kappa shape index (κ2) is 8.18. The van der Waals surface area contributed by atoms with E-state index in [2.05, 4.69) is 25.9 Å². The summed E-state index contributed by atoms with van der Waals surface area (Å²) in [4.78, 5) is 20.0. The maximum absolute atomic E-state index is 11.2. The van der Waals surface area contributed by atoms with Crippen LogP contribution in [0.4, 0.5) is 28.8 Å². The number of amides is 1. The summed E-state index contributed by atoms with van der Waals surface area (Å²) in [7, 11) is 1.62. The van der Waals surface area contributed by atoms with E-state index in [4.69, 9.17) is 4.74 Å². The molecule has 3 rings (SSSR count). The molecule has 0 spiro atoms. The number of aromatic nitrogens is 2. The lowest BCUT2D eigenvalue weighted by atomic mass is 10.2. The highest BCUT2D eigenvalue weighted by atomic mass is 16.5. The van der Waals surface area contributed by atoms with Gasteiger partial charge in [-0.15, -0.1) is 0 Å². The Morgan fingerprint density at radius 1 is 1.04 bits per heavy atom. The van der Waals surface area contributed by atoms with Crippen LogP contribution in [0, 0.1) is 6.92 Å². The van der Waals surface area contributed by atoms with Crippen LogP contribution in [-0.2, 0) is 4.79 Å². The van der Waals surface area contributed by atoms with E-state index in [0.29, 0.717) is 23.2 Å². The van der Waals surface area contributed by atoms with E-state index in [1.165, 1.54) is 6.92 Å². The maximum atomic E-state index is 11.2. The molecule has 2 aromatic carbocycles. The number of carbonyl (C=O) groups excluding carboxylic acids is 1. The summed E-state index contributed by atoms with van der Waals surface area (Å²) < 4.78 is 5.38. The van der Waals surface area contributed by atoms with Gasteiger partial charge in [-0.05, 0) is 48.9 Å². The molecule has 3 N–H and O–H groups in total. The maximum Gasteiger partial charge on any atom is 0.229 e. The molecule has 27 heavy (non-hydrogen) atoms. The minimum atomic E-state index is -0.118. The monoisotopic (exact) mass is 363 g/mol. The van der Waals surface area contributed by atoms with Gasteiger partial charge in [-0.1, -0.05) is 12.1 Å².